The first kappa shape index (κ1) is 17.0. The number of nitrogens with one attached hydrogen (secondary N) is 2. The molecular weight excluding hydrogens is 298 g/mol. The Morgan fingerprint density at radius 3 is 2.57 bits per heavy atom. The minimum absolute atomic E-state index is 0.0108. The first-order valence-corrected chi connectivity index (χ1v) is 6.67. The van der Waals surface area contributed by atoms with Gasteiger partial charge in [-0.3, -0.25) is 0 Å². The number of halogens is 1. The topological polar surface area (TPSA) is 101 Å². The molecule has 0 atom stereocenters. The van der Waals surface area contributed by atoms with Crippen molar-refractivity contribution >= 4 is 29.5 Å². The molecule has 0 spiro atoms. The minimum Gasteiger partial charge on any atom is -0.478 e. The van der Waals surface area contributed by atoms with Crippen molar-refractivity contribution < 1.29 is 19.4 Å². The van der Waals surface area contributed by atoms with Crippen LogP contribution in [-0.2, 0) is 4.74 Å². The SMILES string of the molecule is CC(C)(C)OC(=O)NCCNc1nc(Cl)ccc1C(=O)O. The molecular formula is C13H18ClN3O4. The zero-order chi connectivity index (χ0) is 16.0. The molecule has 0 fully saturated rings. The summed E-state index contributed by atoms with van der Waals surface area (Å²) < 4.78 is 5.06. The van der Waals surface area contributed by atoms with Crippen molar-refractivity contribution in [3.05, 3.63) is 22.8 Å². The fraction of sp³-hybridized carbons (Fsp3) is 0.462. The lowest BCUT2D eigenvalue weighted by atomic mass is 10.2. The highest BCUT2D eigenvalue weighted by molar-refractivity contribution is 6.29. The number of ether oxygens (including phenoxy) is 1. The number of aromatic carboxylic acids is 1. The maximum atomic E-state index is 11.4. The highest BCUT2D eigenvalue weighted by Gasteiger charge is 2.16. The maximum Gasteiger partial charge on any atom is 0.407 e. The molecule has 0 bridgehead atoms. The third-order valence-corrected chi connectivity index (χ3v) is 2.39. The number of carboxylic acid groups (broad SMARTS) is 1. The number of carbonyl (C=O) groups is 2. The molecule has 1 aromatic rings. The van der Waals surface area contributed by atoms with Gasteiger partial charge in [-0.25, -0.2) is 14.6 Å². The average Bonchev–Trinajstić information content (AvgIpc) is 2.32. The number of aromatic nitrogens is 1. The van der Waals surface area contributed by atoms with Crippen LogP contribution in [0.3, 0.4) is 0 Å². The lowest BCUT2D eigenvalue weighted by Crippen LogP contribution is -2.35. The summed E-state index contributed by atoms with van der Waals surface area (Å²) in [5.74, 6) is -0.956. The number of pyridine rings is 1. The van der Waals surface area contributed by atoms with Gasteiger partial charge in [-0.1, -0.05) is 11.6 Å². The van der Waals surface area contributed by atoms with Gasteiger partial charge in [0.1, 0.15) is 22.1 Å². The van der Waals surface area contributed by atoms with Gasteiger partial charge in [-0.2, -0.15) is 0 Å². The maximum absolute atomic E-state index is 11.4. The van der Waals surface area contributed by atoms with E-state index in [1.165, 1.54) is 12.1 Å². The fourth-order valence-corrected chi connectivity index (χ4v) is 1.55. The van der Waals surface area contributed by atoms with Gasteiger partial charge < -0.3 is 20.5 Å². The first-order chi connectivity index (χ1) is 9.69. The fourth-order valence-electron chi connectivity index (χ4n) is 1.40. The van der Waals surface area contributed by atoms with Crippen LogP contribution in [0.4, 0.5) is 10.6 Å². The molecule has 7 nitrogen and oxygen atoms in total. The molecule has 0 aliphatic rings. The second-order valence-electron chi connectivity index (χ2n) is 5.19. The summed E-state index contributed by atoms with van der Waals surface area (Å²) in [5.41, 5.74) is -0.556. The van der Waals surface area contributed by atoms with Gasteiger partial charge >= 0.3 is 12.1 Å². The van der Waals surface area contributed by atoms with Crippen molar-refractivity contribution in [1.29, 1.82) is 0 Å². The summed E-state index contributed by atoms with van der Waals surface area (Å²) >= 11 is 5.72. The predicted octanol–water partition coefficient (Wildman–Crippen LogP) is 2.37. The average molecular weight is 316 g/mol. The van der Waals surface area contributed by atoms with E-state index in [4.69, 9.17) is 21.4 Å². The summed E-state index contributed by atoms with van der Waals surface area (Å²) in [6.45, 7) is 5.83. The van der Waals surface area contributed by atoms with E-state index in [-0.39, 0.29) is 29.6 Å². The molecule has 0 aliphatic carbocycles. The van der Waals surface area contributed by atoms with E-state index in [2.05, 4.69) is 15.6 Å². The van der Waals surface area contributed by atoms with E-state index in [0.29, 0.717) is 0 Å². The second kappa shape index (κ2) is 7.12. The number of carboxylic acids is 1. The number of nitrogens with zero attached hydrogens (tertiary/aromatic N) is 1. The Balaban J connectivity index is 2.48. The van der Waals surface area contributed by atoms with Crippen molar-refractivity contribution in [2.75, 3.05) is 18.4 Å². The Morgan fingerprint density at radius 2 is 2.00 bits per heavy atom. The molecule has 116 valence electrons. The molecule has 0 saturated carbocycles. The zero-order valence-corrected chi connectivity index (χ0v) is 12.8. The standard InChI is InChI=1S/C13H18ClN3O4/c1-13(2,3)21-12(20)16-7-6-15-10-8(11(18)19)4-5-9(14)17-10/h4-5H,6-7H2,1-3H3,(H,15,17)(H,16,20)(H,18,19). The number of rotatable bonds is 5. The molecule has 8 heteroatoms. The number of carbonyl (C=O) groups excluding carboxylic acids is 1. The number of alkyl carbamates (subject to hydrolysis) is 1. The number of anilines is 1. The first-order valence-electron chi connectivity index (χ1n) is 6.29. The van der Waals surface area contributed by atoms with E-state index in [0.717, 1.165) is 0 Å². The molecule has 21 heavy (non-hydrogen) atoms. The van der Waals surface area contributed by atoms with Gasteiger partial charge in [0.25, 0.3) is 0 Å². The van der Waals surface area contributed by atoms with Crippen molar-refractivity contribution in [3.8, 4) is 0 Å². The summed E-state index contributed by atoms with van der Waals surface area (Å²) in [6, 6.07) is 2.76. The summed E-state index contributed by atoms with van der Waals surface area (Å²) in [7, 11) is 0. The molecule has 0 aliphatic heterocycles. The largest absolute Gasteiger partial charge is 0.478 e. The summed E-state index contributed by atoms with van der Waals surface area (Å²) in [4.78, 5) is 26.3. The molecule has 0 aromatic carbocycles. The van der Waals surface area contributed by atoms with Crippen molar-refractivity contribution in [2.24, 2.45) is 0 Å². The van der Waals surface area contributed by atoms with E-state index in [9.17, 15) is 9.59 Å². The third-order valence-electron chi connectivity index (χ3n) is 2.18. The quantitative estimate of drug-likeness (QED) is 0.569. The monoisotopic (exact) mass is 315 g/mol. The van der Waals surface area contributed by atoms with E-state index >= 15 is 0 Å². The molecule has 1 amide bonds. The van der Waals surface area contributed by atoms with Crippen LogP contribution in [0.5, 0.6) is 0 Å². The van der Waals surface area contributed by atoms with Crippen LogP contribution in [0.1, 0.15) is 31.1 Å². The molecule has 1 rings (SSSR count). The Labute approximate surface area is 127 Å². The Hall–Kier alpha value is -2.02. The van der Waals surface area contributed by atoms with Crippen LogP contribution >= 0.6 is 11.6 Å². The Kier molecular flexibility index (Phi) is 5.78. The van der Waals surface area contributed by atoms with Crippen LogP contribution in [0.2, 0.25) is 5.15 Å². The molecule has 0 saturated heterocycles. The van der Waals surface area contributed by atoms with Gasteiger partial charge in [-0.05, 0) is 32.9 Å². The minimum atomic E-state index is -1.11. The van der Waals surface area contributed by atoms with Gasteiger partial charge in [-0.15, -0.1) is 0 Å². The molecule has 0 radical (unpaired) electrons. The van der Waals surface area contributed by atoms with Gasteiger partial charge in [0, 0.05) is 13.1 Å². The summed E-state index contributed by atoms with van der Waals surface area (Å²) in [5, 5.41) is 14.5. The van der Waals surface area contributed by atoms with Crippen molar-refractivity contribution in [3.63, 3.8) is 0 Å². The van der Waals surface area contributed by atoms with Crippen LogP contribution in [-0.4, -0.2) is 40.8 Å². The predicted molar refractivity (Wildman–Crippen MR) is 78.9 cm³/mol. The number of hydrogen-bond donors (Lipinski definition) is 3. The highest BCUT2D eigenvalue weighted by atomic mass is 35.5. The van der Waals surface area contributed by atoms with Crippen LogP contribution in [0, 0.1) is 0 Å². The van der Waals surface area contributed by atoms with Gasteiger partial charge in [0.2, 0.25) is 0 Å². The van der Waals surface area contributed by atoms with E-state index < -0.39 is 17.7 Å². The van der Waals surface area contributed by atoms with Gasteiger partial charge in [0.15, 0.2) is 0 Å². The van der Waals surface area contributed by atoms with E-state index in [1.807, 2.05) is 0 Å². The normalized spacial score (nSPS) is 10.9. The van der Waals surface area contributed by atoms with Crippen LogP contribution in [0.15, 0.2) is 12.1 Å². The summed E-state index contributed by atoms with van der Waals surface area (Å²) in [6.07, 6.45) is -0.540. The van der Waals surface area contributed by atoms with Crippen LogP contribution < -0.4 is 10.6 Å². The molecule has 1 aromatic heterocycles. The molecule has 1 heterocycles. The van der Waals surface area contributed by atoms with E-state index in [1.54, 1.807) is 20.8 Å². The molecule has 0 unspecified atom stereocenters. The van der Waals surface area contributed by atoms with Gasteiger partial charge in [0.05, 0.1) is 0 Å². The molecule has 3 N–H and O–H groups in total. The lowest BCUT2D eigenvalue weighted by Gasteiger charge is -2.19. The second-order valence-corrected chi connectivity index (χ2v) is 5.58. The Bertz CT molecular complexity index is 529. The number of hydrogen-bond acceptors (Lipinski definition) is 5. The van der Waals surface area contributed by atoms with Crippen molar-refractivity contribution in [2.45, 2.75) is 26.4 Å². The van der Waals surface area contributed by atoms with Crippen LogP contribution in [0.25, 0.3) is 0 Å². The smallest absolute Gasteiger partial charge is 0.407 e. The third kappa shape index (κ3) is 6.31. The van der Waals surface area contributed by atoms with Crippen molar-refractivity contribution in [1.82, 2.24) is 10.3 Å². The zero-order valence-electron chi connectivity index (χ0n) is 12.1. The number of amides is 1. The Morgan fingerprint density at radius 1 is 1.33 bits per heavy atom. The lowest BCUT2D eigenvalue weighted by molar-refractivity contribution is 0.0529. The highest BCUT2D eigenvalue weighted by Crippen LogP contribution is 2.16.